The Bertz CT molecular complexity index is 513. The van der Waals surface area contributed by atoms with Crippen molar-refractivity contribution in [2.45, 2.75) is 33.0 Å². The quantitative estimate of drug-likeness (QED) is 0.792. The Morgan fingerprint density at radius 3 is 2.52 bits per heavy atom. The van der Waals surface area contributed by atoms with E-state index < -0.39 is 29.4 Å². The first-order valence-electron chi connectivity index (χ1n) is 6.25. The summed E-state index contributed by atoms with van der Waals surface area (Å²) in [4.78, 5) is 22.7. The summed E-state index contributed by atoms with van der Waals surface area (Å²) in [5.41, 5.74) is -2.22. The van der Waals surface area contributed by atoms with Gasteiger partial charge < -0.3 is 10.1 Å². The van der Waals surface area contributed by atoms with Crippen molar-refractivity contribution in [1.82, 2.24) is 20.3 Å². The molecule has 0 spiro atoms. The average molecular weight is 308 g/mol. The van der Waals surface area contributed by atoms with Crippen molar-refractivity contribution >= 4 is 11.9 Å². The highest BCUT2D eigenvalue weighted by atomic mass is 19.4. The maximum atomic E-state index is 13.0. The lowest BCUT2D eigenvalue weighted by Crippen LogP contribution is -2.25. The van der Waals surface area contributed by atoms with E-state index in [2.05, 4.69) is 20.4 Å². The average Bonchev–Trinajstić information content (AvgIpc) is 2.81. The molecule has 1 aromatic heterocycles. The first-order chi connectivity index (χ1) is 9.81. The molecule has 0 fully saturated rings. The lowest BCUT2D eigenvalue weighted by atomic mass is 10.3. The number of nitrogens with zero attached hydrogens (tertiary/aromatic N) is 3. The van der Waals surface area contributed by atoms with Crippen LogP contribution in [-0.2, 0) is 22.3 Å². The molecule has 0 aliphatic carbocycles. The van der Waals surface area contributed by atoms with Crippen molar-refractivity contribution in [3.63, 3.8) is 0 Å². The van der Waals surface area contributed by atoms with Gasteiger partial charge in [0.1, 0.15) is 0 Å². The van der Waals surface area contributed by atoms with E-state index in [1.807, 2.05) is 0 Å². The minimum absolute atomic E-state index is 0.0815. The van der Waals surface area contributed by atoms with Gasteiger partial charge in [0.15, 0.2) is 5.69 Å². The largest absolute Gasteiger partial charge is 0.461 e. The lowest BCUT2D eigenvalue weighted by Gasteiger charge is -2.10. The highest BCUT2D eigenvalue weighted by Gasteiger charge is 2.42. The number of halogens is 3. The maximum Gasteiger partial charge on any atom is 0.435 e. The predicted octanol–water partition coefficient (Wildman–Crippen LogP) is 1.000. The number of carbonyl (C=O) groups is 2. The molecule has 0 bridgehead atoms. The standard InChI is InChI=1S/C11H15F3N4O3/c1-3-15-7(19)5-6-18-9(11(12,13)14)8(16-17-18)10(20)21-4-2/h3-6H2,1-2H3,(H,15,19). The van der Waals surface area contributed by atoms with E-state index in [-0.39, 0.29) is 19.6 Å². The molecule has 1 aromatic rings. The summed E-state index contributed by atoms with van der Waals surface area (Å²) in [5.74, 6) is -1.62. The number of aromatic nitrogens is 3. The van der Waals surface area contributed by atoms with Crippen molar-refractivity contribution in [3.8, 4) is 0 Å². The van der Waals surface area contributed by atoms with E-state index in [4.69, 9.17) is 0 Å². The third kappa shape index (κ3) is 4.43. The van der Waals surface area contributed by atoms with Gasteiger partial charge >= 0.3 is 12.1 Å². The summed E-state index contributed by atoms with van der Waals surface area (Å²) in [7, 11) is 0. The van der Waals surface area contributed by atoms with Crippen LogP contribution in [0.3, 0.4) is 0 Å². The van der Waals surface area contributed by atoms with E-state index >= 15 is 0 Å². The van der Waals surface area contributed by atoms with E-state index in [1.165, 1.54) is 6.92 Å². The molecule has 0 aliphatic heterocycles. The van der Waals surface area contributed by atoms with Crippen LogP contribution in [0.25, 0.3) is 0 Å². The zero-order chi connectivity index (χ0) is 16.0. The third-order valence-corrected chi connectivity index (χ3v) is 2.40. The van der Waals surface area contributed by atoms with Crippen molar-refractivity contribution in [1.29, 1.82) is 0 Å². The van der Waals surface area contributed by atoms with Crippen LogP contribution in [0, 0.1) is 0 Å². The van der Waals surface area contributed by atoms with Gasteiger partial charge in [0.25, 0.3) is 0 Å². The Labute approximate surface area is 118 Å². The van der Waals surface area contributed by atoms with Crippen LogP contribution in [0.15, 0.2) is 0 Å². The second-order valence-electron chi connectivity index (χ2n) is 3.93. The van der Waals surface area contributed by atoms with Crippen LogP contribution >= 0.6 is 0 Å². The molecule has 0 radical (unpaired) electrons. The van der Waals surface area contributed by atoms with E-state index in [1.54, 1.807) is 6.92 Å². The molecular weight excluding hydrogens is 293 g/mol. The summed E-state index contributed by atoms with van der Waals surface area (Å²) in [6.07, 6.45) is -5.03. The number of hydrogen-bond acceptors (Lipinski definition) is 5. The number of esters is 1. The van der Waals surface area contributed by atoms with Crippen molar-refractivity contribution < 1.29 is 27.5 Å². The molecule has 0 saturated heterocycles. The molecule has 118 valence electrons. The minimum Gasteiger partial charge on any atom is -0.461 e. The minimum atomic E-state index is -4.83. The number of hydrogen-bond donors (Lipinski definition) is 1. The van der Waals surface area contributed by atoms with Crippen LogP contribution in [0.2, 0.25) is 0 Å². The van der Waals surface area contributed by atoms with Crippen LogP contribution in [0.4, 0.5) is 13.2 Å². The van der Waals surface area contributed by atoms with Crippen LogP contribution in [-0.4, -0.2) is 40.0 Å². The first kappa shape index (κ1) is 16.9. The molecule has 1 rings (SSSR count). The molecule has 0 saturated carbocycles. The van der Waals surface area contributed by atoms with Gasteiger partial charge in [-0.1, -0.05) is 5.21 Å². The van der Waals surface area contributed by atoms with Gasteiger partial charge in [-0.3, -0.25) is 4.79 Å². The second kappa shape index (κ2) is 7.04. The Hall–Kier alpha value is -2.13. The highest BCUT2D eigenvalue weighted by molar-refractivity contribution is 5.88. The Balaban J connectivity index is 2.99. The lowest BCUT2D eigenvalue weighted by molar-refractivity contribution is -0.145. The smallest absolute Gasteiger partial charge is 0.435 e. The molecule has 0 aromatic carbocycles. The van der Waals surface area contributed by atoms with E-state index in [0.717, 1.165) is 0 Å². The fourth-order valence-electron chi connectivity index (χ4n) is 1.58. The summed E-state index contributed by atoms with van der Waals surface area (Å²) in [6.45, 7) is 3.10. The van der Waals surface area contributed by atoms with Crippen LogP contribution in [0.1, 0.15) is 36.5 Å². The van der Waals surface area contributed by atoms with Gasteiger partial charge in [0, 0.05) is 13.0 Å². The molecule has 0 atom stereocenters. The summed E-state index contributed by atoms with van der Waals surface area (Å²) in [5, 5.41) is 8.95. The number of alkyl halides is 3. The number of carbonyl (C=O) groups excluding carboxylic acids is 2. The summed E-state index contributed by atoms with van der Waals surface area (Å²) in [6, 6.07) is 0. The third-order valence-electron chi connectivity index (χ3n) is 2.40. The molecule has 0 unspecified atom stereocenters. The first-order valence-corrected chi connectivity index (χ1v) is 6.25. The predicted molar refractivity (Wildman–Crippen MR) is 64.3 cm³/mol. The van der Waals surface area contributed by atoms with Crippen LogP contribution in [0.5, 0.6) is 0 Å². The normalized spacial score (nSPS) is 11.3. The molecule has 1 amide bonds. The number of rotatable bonds is 6. The van der Waals surface area contributed by atoms with Gasteiger partial charge in [0.05, 0.1) is 13.2 Å². The van der Waals surface area contributed by atoms with E-state index in [0.29, 0.717) is 11.2 Å². The summed E-state index contributed by atoms with van der Waals surface area (Å²) >= 11 is 0. The van der Waals surface area contributed by atoms with Gasteiger partial charge in [-0.2, -0.15) is 13.2 Å². The molecule has 0 aliphatic rings. The maximum absolute atomic E-state index is 13.0. The Morgan fingerprint density at radius 1 is 1.33 bits per heavy atom. The van der Waals surface area contributed by atoms with Crippen molar-refractivity contribution in [2.24, 2.45) is 0 Å². The van der Waals surface area contributed by atoms with Gasteiger partial charge in [-0.05, 0) is 13.8 Å². The number of ether oxygens (including phenoxy) is 1. The Morgan fingerprint density at radius 2 is 2.00 bits per heavy atom. The fraction of sp³-hybridized carbons (Fsp3) is 0.636. The van der Waals surface area contributed by atoms with Gasteiger partial charge in [-0.25, -0.2) is 9.48 Å². The molecular formula is C11H15F3N4O3. The Kier molecular flexibility index (Phi) is 5.68. The number of nitrogens with one attached hydrogen (secondary N) is 1. The molecule has 21 heavy (non-hydrogen) atoms. The molecule has 1 heterocycles. The highest BCUT2D eigenvalue weighted by Crippen LogP contribution is 2.31. The zero-order valence-electron chi connectivity index (χ0n) is 11.5. The fourth-order valence-corrected chi connectivity index (χ4v) is 1.58. The molecule has 1 N–H and O–H groups in total. The molecule has 10 heteroatoms. The SMILES string of the molecule is CCNC(=O)CCn1nnc(C(=O)OCC)c1C(F)(F)F. The zero-order valence-corrected chi connectivity index (χ0v) is 11.5. The summed E-state index contributed by atoms with van der Waals surface area (Å²) < 4.78 is 44.0. The topological polar surface area (TPSA) is 86.1 Å². The van der Waals surface area contributed by atoms with Crippen molar-refractivity contribution in [3.05, 3.63) is 11.4 Å². The monoisotopic (exact) mass is 308 g/mol. The second-order valence-corrected chi connectivity index (χ2v) is 3.93. The van der Waals surface area contributed by atoms with Gasteiger partial charge in [0.2, 0.25) is 11.6 Å². The van der Waals surface area contributed by atoms with Crippen molar-refractivity contribution in [2.75, 3.05) is 13.2 Å². The number of amides is 1. The van der Waals surface area contributed by atoms with E-state index in [9.17, 15) is 22.8 Å². The number of aryl methyl sites for hydroxylation is 1. The van der Waals surface area contributed by atoms with Crippen LogP contribution < -0.4 is 5.32 Å². The van der Waals surface area contributed by atoms with Gasteiger partial charge in [-0.15, -0.1) is 5.10 Å². The molecule has 7 nitrogen and oxygen atoms in total.